The van der Waals surface area contributed by atoms with E-state index in [1.807, 2.05) is 13.0 Å². The number of aromatic nitrogens is 1. The number of nitrogens with one attached hydrogen (secondary N) is 1. The van der Waals surface area contributed by atoms with E-state index < -0.39 is 0 Å². The smallest absolute Gasteiger partial charge is 0.0757 e. The van der Waals surface area contributed by atoms with Gasteiger partial charge in [0.15, 0.2) is 0 Å². The van der Waals surface area contributed by atoms with Crippen molar-refractivity contribution in [1.29, 1.82) is 0 Å². The molecule has 2 atom stereocenters. The fourth-order valence-corrected chi connectivity index (χ4v) is 2.73. The highest BCUT2D eigenvalue weighted by Crippen LogP contribution is 2.23. The van der Waals surface area contributed by atoms with E-state index in [2.05, 4.69) is 26.2 Å². The maximum Gasteiger partial charge on any atom is 0.0757 e. The van der Waals surface area contributed by atoms with E-state index in [0.717, 1.165) is 16.6 Å². The van der Waals surface area contributed by atoms with Gasteiger partial charge in [-0.2, -0.15) is 0 Å². The number of pyridine rings is 1. The van der Waals surface area contributed by atoms with Crippen LogP contribution in [-0.2, 0) is 0 Å². The second-order valence-corrected chi connectivity index (χ2v) is 6.04. The van der Waals surface area contributed by atoms with Crippen molar-refractivity contribution in [1.82, 2.24) is 10.3 Å². The van der Waals surface area contributed by atoms with E-state index in [9.17, 15) is 0 Å². The monoisotopic (exact) mass is 358 g/mol. The number of alkyl halides is 2. The molecule has 0 saturated heterocycles. The minimum Gasteiger partial charge on any atom is -0.307 e. The molecule has 0 bridgehead atoms. The predicted octanol–water partition coefficient (Wildman–Crippen LogP) is 4.38. The number of nitrogens with zero attached hydrogens (tertiary/aromatic N) is 1. The van der Waals surface area contributed by atoms with Crippen LogP contribution in [0, 0.1) is 0 Å². The Labute approximate surface area is 125 Å². The average Bonchev–Trinajstić information content (AvgIpc) is 2.26. The second-order valence-electron chi connectivity index (χ2n) is 3.73. The summed E-state index contributed by atoms with van der Waals surface area (Å²) in [6.07, 6.45) is 2.51. The first-order valence-corrected chi connectivity index (χ1v) is 7.43. The number of halogens is 4. The first-order valence-electron chi connectivity index (χ1n) is 5.29. The van der Waals surface area contributed by atoms with Crippen LogP contribution in [0.25, 0.3) is 0 Å². The molecular formula is C11H14BrCl3N2. The van der Waals surface area contributed by atoms with Crippen molar-refractivity contribution < 1.29 is 0 Å². The molecule has 0 amide bonds. The molecule has 2 unspecified atom stereocenters. The molecule has 17 heavy (non-hydrogen) atoms. The lowest BCUT2D eigenvalue weighted by Crippen LogP contribution is -2.27. The standard InChI is InChI=1S/C11H14BrCl3N2/c1-7(16-6-9(14)2-3-13)11-10(15)4-8(12)5-17-11/h4-5,7,9,16H,2-3,6H2,1H3. The minimum absolute atomic E-state index is 0.0316. The Kier molecular flexibility index (Phi) is 7.12. The first kappa shape index (κ1) is 15.5. The summed E-state index contributed by atoms with van der Waals surface area (Å²) in [7, 11) is 0. The molecule has 0 aromatic carbocycles. The summed E-state index contributed by atoms with van der Waals surface area (Å²) in [4.78, 5) is 4.29. The molecule has 96 valence electrons. The van der Waals surface area contributed by atoms with Gasteiger partial charge in [-0.05, 0) is 35.3 Å². The van der Waals surface area contributed by atoms with Crippen molar-refractivity contribution in [3.05, 3.63) is 27.5 Å². The summed E-state index contributed by atoms with van der Waals surface area (Å²) in [6, 6.07) is 1.89. The van der Waals surface area contributed by atoms with Crippen LogP contribution in [0.15, 0.2) is 16.7 Å². The van der Waals surface area contributed by atoms with Crippen molar-refractivity contribution in [2.45, 2.75) is 24.8 Å². The highest BCUT2D eigenvalue weighted by Gasteiger charge is 2.13. The maximum atomic E-state index is 6.11. The molecule has 1 rings (SSSR count). The lowest BCUT2D eigenvalue weighted by molar-refractivity contribution is 0.548. The topological polar surface area (TPSA) is 24.9 Å². The van der Waals surface area contributed by atoms with Crippen LogP contribution in [0.2, 0.25) is 5.02 Å². The Morgan fingerprint density at radius 3 is 2.82 bits per heavy atom. The van der Waals surface area contributed by atoms with Gasteiger partial charge in [-0.1, -0.05) is 11.6 Å². The molecule has 1 aromatic heterocycles. The van der Waals surface area contributed by atoms with Gasteiger partial charge in [0.2, 0.25) is 0 Å². The first-order chi connectivity index (χ1) is 8.04. The van der Waals surface area contributed by atoms with E-state index >= 15 is 0 Å². The van der Waals surface area contributed by atoms with Gasteiger partial charge < -0.3 is 5.32 Å². The molecule has 0 aliphatic carbocycles. The van der Waals surface area contributed by atoms with E-state index in [-0.39, 0.29) is 11.4 Å². The molecule has 0 fully saturated rings. The van der Waals surface area contributed by atoms with Crippen LogP contribution in [0.1, 0.15) is 25.1 Å². The Bertz CT molecular complexity index is 363. The van der Waals surface area contributed by atoms with Gasteiger partial charge in [-0.3, -0.25) is 4.98 Å². The summed E-state index contributed by atoms with van der Waals surface area (Å²) < 4.78 is 0.871. The van der Waals surface area contributed by atoms with Gasteiger partial charge in [-0.25, -0.2) is 0 Å². The fraction of sp³-hybridized carbons (Fsp3) is 0.545. The molecule has 0 aliphatic rings. The lowest BCUT2D eigenvalue weighted by Gasteiger charge is -2.16. The van der Waals surface area contributed by atoms with E-state index in [1.54, 1.807) is 6.20 Å². The number of rotatable bonds is 6. The maximum absolute atomic E-state index is 6.11. The summed E-state index contributed by atoms with van der Waals surface area (Å²) in [5, 5.41) is 3.96. The van der Waals surface area contributed by atoms with Gasteiger partial charge in [0.05, 0.1) is 10.7 Å². The molecular weight excluding hydrogens is 346 g/mol. The van der Waals surface area contributed by atoms with Gasteiger partial charge in [0.25, 0.3) is 0 Å². The summed E-state index contributed by atoms with van der Waals surface area (Å²) in [6.45, 7) is 2.69. The van der Waals surface area contributed by atoms with Gasteiger partial charge in [0, 0.05) is 34.5 Å². The fourth-order valence-electron chi connectivity index (χ4n) is 1.37. The Morgan fingerprint density at radius 1 is 1.53 bits per heavy atom. The molecule has 0 spiro atoms. The SMILES string of the molecule is CC(NCC(Cl)CCCl)c1ncc(Br)cc1Cl. The number of hydrogen-bond donors (Lipinski definition) is 1. The third kappa shape index (κ3) is 5.31. The molecule has 2 nitrogen and oxygen atoms in total. The second kappa shape index (κ2) is 7.80. The highest BCUT2D eigenvalue weighted by atomic mass is 79.9. The Morgan fingerprint density at radius 2 is 2.24 bits per heavy atom. The zero-order valence-corrected chi connectivity index (χ0v) is 13.2. The van der Waals surface area contributed by atoms with Gasteiger partial charge >= 0.3 is 0 Å². The molecule has 0 aliphatic heterocycles. The van der Waals surface area contributed by atoms with Crippen molar-refractivity contribution in [2.75, 3.05) is 12.4 Å². The average molecular weight is 361 g/mol. The van der Waals surface area contributed by atoms with Crippen LogP contribution in [0.5, 0.6) is 0 Å². The normalized spacial score (nSPS) is 14.6. The van der Waals surface area contributed by atoms with Crippen LogP contribution in [0.4, 0.5) is 0 Å². The highest BCUT2D eigenvalue weighted by molar-refractivity contribution is 9.10. The van der Waals surface area contributed by atoms with E-state index in [4.69, 9.17) is 34.8 Å². The summed E-state index contributed by atoms with van der Waals surface area (Å²) in [5.74, 6) is 0.571. The summed E-state index contributed by atoms with van der Waals surface area (Å²) >= 11 is 21.1. The quantitative estimate of drug-likeness (QED) is 0.761. The largest absolute Gasteiger partial charge is 0.307 e. The van der Waals surface area contributed by atoms with E-state index in [0.29, 0.717) is 17.4 Å². The minimum atomic E-state index is 0.0316. The van der Waals surface area contributed by atoms with Crippen LogP contribution in [-0.4, -0.2) is 22.8 Å². The van der Waals surface area contributed by atoms with Crippen LogP contribution < -0.4 is 5.32 Å². The number of hydrogen-bond acceptors (Lipinski definition) is 2. The third-order valence-electron chi connectivity index (χ3n) is 2.31. The van der Waals surface area contributed by atoms with Crippen molar-refractivity contribution in [3.63, 3.8) is 0 Å². The zero-order valence-electron chi connectivity index (χ0n) is 9.39. The Hall–Kier alpha value is 0.460. The third-order valence-corrected chi connectivity index (χ3v) is 3.64. The van der Waals surface area contributed by atoms with E-state index in [1.165, 1.54) is 0 Å². The molecule has 1 N–H and O–H groups in total. The van der Waals surface area contributed by atoms with Gasteiger partial charge in [0.1, 0.15) is 0 Å². The molecule has 1 aromatic rings. The van der Waals surface area contributed by atoms with Crippen LogP contribution in [0.3, 0.4) is 0 Å². The van der Waals surface area contributed by atoms with Gasteiger partial charge in [-0.15, -0.1) is 23.2 Å². The van der Waals surface area contributed by atoms with Crippen LogP contribution >= 0.6 is 50.7 Å². The van der Waals surface area contributed by atoms with Crippen molar-refractivity contribution in [3.8, 4) is 0 Å². The lowest BCUT2D eigenvalue weighted by atomic mass is 10.2. The Balaban J connectivity index is 2.54. The summed E-state index contributed by atoms with van der Waals surface area (Å²) in [5.41, 5.74) is 0.824. The van der Waals surface area contributed by atoms with Crippen molar-refractivity contribution in [2.24, 2.45) is 0 Å². The zero-order chi connectivity index (χ0) is 12.8. The predicted molar refractivity (Wildman–Crippen MR) is 78.3 cm³/mol. The van der Waals surface area contributed by atoms with Crippen molar-refractivity contribution >= 4 is 50.7 Å². The molecule has 0 saturated carbocycles. The molecule has 1 heterocycles. The molecule has 6 heteroatoms. The molecule has 0 radical (unpaired) electrons.